The fourth-order valence-corrected chi connectivity index (χ4v) is 1.68. The van der Waals surface area contributed by atoms with Crippen molar-refractivity contribution < 1.29 is 9.84 Å². The van der Waals surface area contributed by atoms with Crippen LogP contribution in [0.2, 0.25) is 0 Å². The van der Waals surface area contributed by atoms with Crippen molar-refractivity contribution in [3.05, 3.63) is 21.0 Å². The topological polar surface area (TPSA) is 76.4 Å². The molecule has 6 nitrogen and oxygen atoms in total. The van der Waals surface area contributed by atoms with Gasteiger partial charge in [-0.3, -0.25) is 4.79 Å². The van der Waals surface area contributed by atoms with E-state index in [1.807, 2.05) is 0 Å². The summed E-state index contributed by atoms with van der Waals surface area (Å²) in [4.78, 5) is 11.9. The lowest BCUT2D eigenvalue weighted by Crippen LogP contribution is -2.31. The SMILES string of the molecule is COCCn1ncc(NCC(C)(C)O)c(Br)c1=O. The van der Waals surface area contributed by atoms with Gasteiger partial charge in [0, 0.05) is 13.7 Å². The molecule has 0 amide bonds. The molecule has 1 aromatic rings. The molecule has 0 fully saturated rings. The number of aliphatic hydroxyl groups is 1. The van der Waals surface area contributed by atoms with Crippen LogP contribution in [0.1, 0.15) is 13.8 Å². The second kappa shape index (κ2) is 6.31. The van der Waals surface area contributed by atoms with Gasteiger partial charge in [-0.15, -0.1) is 0 Å². The van der Waals surface area contributed by atoms with Crippen molar-refractivity contribution in [2.24, 2.45) is 0 Å². The number of nitrogens with one attached hydrogen (secondary N) is 1. The molecule has 0 unspecified atom stereocenters. The minimum atomic E-state index is -0.857. The number of hydrogen-bond acceptors (Lipinski definition) is 5. The van der Waals surface area contributed by atoms with Gasteiger partial charge >= 0.3 is 0 Å². The Morgan fingerprint density at radius 3 is 2.83 bits per heavy atom. The van der Waals surface area contributed by atoms with Gasteiger partial charge in [0.15, 0.2) is 0 Å². The van der Waals surface area contributed by atoms with Gasteiger partial charge < -0.3 is 15.2 Å². The van der Waals surface area contributed by atoms with Gasteiger partial charge in [-0.1, -0.05) is 0 Å². The van der Waals surface area contributed by atoms with Gasteiger partial charge in [-0.25, -0.2) is 4.68 Å². The Labute approximate surface area is 114 Å². The molecule has 0 bridgehead atoms. The van der Waals surface area contributed by atoms with E-state index in [1.54, 1.807) is 27.2 Å². The van der Waals surface area contributed by atoms with E-state index in [9.17, 15) is 9.90 Å². The number of ether oxygens (including phenoxy) is 1. The van der Waals surface area contributed by atoms with Crippen LogP contribution in [0.25, 0.3) is 0 Å². The zero-order chi connectivity index (χ0) is 13.8. The van der Waals surface area contributed by atoms with Crippen LogP contribution in [-0.2, 0) is 11.3 Å². The van der Waals surface area contributed by atoms with Crippen LogP contribution in [0.4, 0.5) is 5.69 Å². The van der Waals surface area contributed by atoms with Crippen LogP contribution in [-0.4, -0.2) is 40.7 Å². The second-order valence-corrected chi connectivity index (χ2v) is 5.35. The Hall–Kier alpha value is -0.920. The molecule has 0 aliphatic carbocycles. The normalized spacial score (nSPS) is 11.6. The number of hydrogen-bond donors (Lipinski definition) is 2. The summed E-state index contributed by atoms with van der Waals surface area (Å²) in [6.07, 6.45) is 1.55. The van der Waals surface area contributed by atoms with Crippen LogP contribution >= 0.6 is 15.9 Å². The third-order valence-electron chi connectivity index (χ3n) is 2.20. The number of nitrogens with zero attached hydrogens (tertiary/aromatic N) is 2. The largest absolute Gasteiger partial charge is 0.389 e. The number of methoxy groups -OCH3 is 1. The average Bonchev–Trinajstić information content (AvgIpc) is 2.28. The molecule has 0 saturated carbocycles. The predicted molar refractivity (Wildman–Crippen MR) is 72.9 cm³/mol. The van der Waals surface area contributed by atoms with E-state index in [4.69, 9.17) is 4.74 Å². The summed E-state index contributed by atoms with van der Waals surface area (Å²) in [5.74, 6) is 0. The Kier molecular flexibility index (Phi) is 5.30. The minimum Gasteiger partial charge on any atom is -0.389 e. The van der Waals surface area contributed by atoms with E-state index in [0.717, 1.165) is 0 Å². The maximum absolute atomic E-state index is 11.9. The molecule has 102 valence electrons. The highest BCUT2D eigenvalue weighted by Gasteiger charge is 2.14. The minimum absolute atomic E-state index is 0.229. The molecule has 0 saturated heterocycles. The third kappa shape index (κ3) is 4.40. The quantitative estimate of drug-likeness (QED) is 0.812. The maximum Gasteiger partial charge on any atom is 0.283 e. The molecule has 0 radical (unpaired) electrons. The summed E-state index contributed by atoms with van der Waals surface area (Å²) >= 11 is 3.23. The van der Waals surface area contributed by atoms with E-state index in [0.29, 0.717) is 29.9 Å². The Bertz CT molecular complexity index is 454. The molecule has 0 aliphatic heterocycles. The summed E-state index contributed by atoms with van der Waals surface area (Å²) in [6, 6.07) is 0. The third-order valence-corrected chi connectivity index (χ3v) is 2.97. The van der Waals surface area contributed by atoms with E-state index in [-0.39, 0.29) is 5.56 Å². The lowest BCUT2D eigenvalue weighted by molar-refractivity contribution is 0.0945. The first-order valence-electron chi connectivity index (χ1n) is 5.56. The van der Waals surface area contributed by atoms with Crippen LogP contribution < -0.4 is 10.9 Å². The smallest absolute Gasteiger partial charge is 0.283 e. The van der Waals surface area contributed by atoms with Crippen molar-refractivity contribution in [2.75, 3.05) is 25.6 Å². The van der Waals surface area contributed by atoms with Gasteiger partial charge in [0.05, 0.1) is 30.6 Å². The number of aromatic nitrogens is 2. The van der Waals surface area contributed by atoms with Crippen LogP contribution in [0.5, 0.6) is 0 Å². The Morgan fingerprint density at radius 1 is 1.61 bits per heavy atom. The zero-order valence-electron chi connectivity index (χ0n) is 10.7. The molecular weight excluding hydrogens is 302 g/mol. The van der Waals surface area contributed by atoms with Gasteiger partial charge in [-0.2, -0.15) is 5.10 Å². The highest BCUT2D eigenvalue weighted by atomic mass is 79.9. The summed E-state index contributed by atoms with van der Waals surface area (Å²) in [5, 5.41) is 16.6. The van der Waals surface area contributed by atoms with Crippen molar-refractivity contribution in [1.29, 1.82) is 0 Å². The molecule has 0 atom stereocenters. The first-order chi connectivity index (χ1) is 8.35. The number of halogens is 1. The lowest BCUT2D eigenvalue weighted by atomic mass is 10.1. The number of rotatable bonds is 6. The summed E-state index contributed by atoms with van der Waals surface area (Å²) in [6.45, 7) is 4.52. The van der Waals surface area contributed by atoms with Gasteiger partial charge in [0.25, 0.3) is 5.56 Å². The molecule has 1 rings (SSSR count). The van der Waals surface area contributed by atoms with E-state index < -0.39 is 5.60 Å². The van der Waals surface area contributed by atoms with Crippen molar-refractivity contribution in [3.8, 4) is 0 Å². The van der Waals surface area contributed by atoms with E-state index in [1.165, 1.54) is 4.68 Å². The van der Waals surface area contributed by atoms with Gasteiger partial charge in [0.2, 0.25) is 0 Å². The van der Waals surface area contributed by atoms with E-state index >= 15 is 0 Å². The highest BCUT2D eigenvalue weighted by molar-refractivity contribution is 9.10. The fourth-order valence-electron chi connectivity index (χ4n) is 1.24. The highest BCUT2D eigenvalue weighted by Crippen LogP contribution is 2.17. The molecule has 1 aromatic heterocycles. The molecule has 2 N–H and O–H groups in total. The van der Waals surface area contributed by atoms with Crippen molar-refractivity contribution in [2.45, 2.75) is 26.0 Å². The summed E-state index contributed by atoms with van der Waals surface area (Å²) in [5.41, 5.74) is -0.520. The molecule has 0 aromatic carbocycles. The van der Waals surface area contributed by atoms with Crippen molar-refractivity contribution in [3.63, 3.8) is 0 Å². The molecule has 0 aliphatic rings. The van der Waals surface area contributed by atoms with E-state index in [2.05, 4.69) is 26.3 Å². The standard InChI is InChI=1S/C11H18BrN3O3/c1-11(2,17)7-13-8-6-14-15(4-5-18-3)10(16)9(8)12/h6,13,17H,4-5,7H2,1-3H3. The Balaban J connectivity index is 2.84. The average molecular weight is 320 g/mol. The lowest BCUT2D eigenvalue weighted by Gasteiger charge is -2.19. The summed E-state index contributed by atoms with van der Waals surface area (Å²) < 4.78 is 6.62. The molecule has 1 heterocycles. The molecule has 0 spiro atoms. The predicted octanol–water partition coefficient (Wildman–Crippen LogP) is 0.835. The first-order valence-corrected chi connectivity index (χ1v) is 6.35. The molecular formula is C11H18BrN3O3. The van der Waals surface area contributed by atoms with Crippen LogP contribution in [0, 0.1) is 0 Å². The van der Waals surface area contributed by atoms with Crippen molar-refractivity contribution in [1.82, 2.24) is 9.78 Å². The zero-order valence-corrected chi connectivity index (χ0v) is 12.3. The van der Waals surface area contributed by atoms with Crippen LogP contribution in [0.15, 0.2) is 15.5 Å². The van der Waals surface area contributed by atoms with Gasteiger partial charge in [0.1, 0.15) is 4.47 Å². The molecule has 18 heavy (non-hydrogen) atoms. The monoisotopic (exact) mass is 319 g/mol. The Morgan fingerprint density at radius 2 is 2.28 bits per heavy atom. The molecule has 7 heteroatoms. The maximum atomic E-state index is 11.9. The fraction of sp³-hybridized carbons (Fsp3) is 0.636. The number of anilines is 1. The summed E-state index contributed by atoms with van der Waals surface area (Å²) in [7, 11) is 1.57. The first kappa shape index (κ1) is 15.1. The van der Waals surface area contributed by atoms with Crippen LogP contribution in [0.3, 0.4) is 0 Å². The second-order valence-electron chi connectivity index (χ2n) is 4.56. The van der Waals surface area contributed by atoms with Gasteiger partial charge in [-0.05, 0) is 29.8 Å². The van der Waals surface area contributed by atoms with Crippen molar-refractivity contribution >= 4 is 21.6 Å².